The fourth-order valence-corrected chi connectivity index (χ4v) is 1.42. The van der Waals surface area contributed by atoms with Gasteiger partial charge in [-0.05, 0) is 18.2 Å². The minimum absolute atomic E-state index is 0.292. The van der Waals surface area contributed by atoms with Gasteiger partial charge >= 0.3 is 6.18 Å². The summed E-state index contributed by atoms with van der Waals surface area (Å²) < 4.78 is 38.0. The second kappa shape index (κ2) is 2.94. The van der Waals surface area contributed by atoms with Gasteiger partial charge in [-0.25, -0.2) is 0 Å². The molecule has 14 heavy (non-hydrogen) atoms. The first-order valence-corrected chi connectivity index (χ1v) is 4.28. The average Bonchev–Trinajstić information content (AvgIpc) is 2.46. The summed E-state index contributed by atoms with van der Waals surface area (Å²) in [6.45, 7) is 0. The Morgan fingerprint density at radius 3 is 2.64 bits per heavy atom. The van der Waals surface area contributed by atoms with Crippen LogP contribution in [-0.4, -0.2) is 14.0 Å². The number of hydrogen-bond donors (Lipinski definition) is 0. The molecule has 0 unspecified atom stereocenters. The molecule has 0 bridgehead atoms. The van der Waals surface area contributed by atoms with E-state index in [0.29, 0.717) is 11.0 Å². The second-order valence-corrected chi connectivity index (χ2v) is 3.32. The van der Waals surface area contributed by atoms with Crippen molar-refractivity contribution in [2.24, 2.45) is 0 Å². The van der Waals surface area contributed by atoms with E-state index >= 15 is 0 Å². The minimum Gasteiger partial charge on any atom is -0.177 e. The lowest BCUT2D eigenvalue weighted by molar-refractivity contribution is -0.137. The van der Waals surface area contributed by atoms with Crippen LogP contribution in [0.3, 0.4) is 0 Å². The Morgan fingerprint density at radius 1 is 1.29 bits per heavy atom. The van der Waals surface area contributed by atoms with Gasteiger partial charge in [0.25, 0.3) is 0 Å². The standard InChI is InChI=1S/C7H3BrF3N3/c8-14-6-3-4(7(9,10)11)1-2-5(6)12-13-14/h1-3H. The Balaban J connectivity index is 2.66. The van der Waals surface area contributed by atoms with Crippen LogP contribution in [0, 0.1) is 0 Å². The number of aromatic nitrogens is 3. The molecule has 1 aromatic carbocycles. The Bertz CT molecular complexity index is 476. The van der Waals surface area contributed by atoms with E-state index in [1.165, 1.54) is 6.07 Å². The summed E-state index contributed by atoms with van der Waals surface area (Å²) in [7, 11) is 0. The van der Waals surface area contributed by atoms with Crippen LogP contribution in [0.4, 0.5) is 13.2 Å². The van der Waals surface area contributed by atoms with Gasteiger partial charge in [0.15, 0.2) is 0 Å². The summed E-state index contributed by atoms with van der Waals surface area (Å²) in [4.78, 5) is 0. The molecular formula is C7H3BrF3N3. The van der Waals surface area contributed by atoms with E-state index in [-0.39, 0.29) is 0 Å². The molecule has 0 amide bonds. The van der Waals surface area contributed by atoms with Gasteiger partial charge < -0.3 is 0 Å². The number of rotatable bonds is 0. The SMILES string of the molecule is FC(F)(F)c1ccc2nnn(Br)c2c1. The maximum absolute atomic E-state index is 12.3. The zero-order valence-electron chi connectivity index (χ0n) is 6.59. The summed E-state index contributed by atoms with van der Waals surface area (Å²) in [5.74, 6) is 0. The number of fused-ring (bicyclic) bond motifs is 1. The van der Waals surface area contributed by atoms with Gasteiger partial charge in [0.2, 0.25) is 0 Å². The lowest BCUT2D eigenvalue weighted by Crippen LogP contribution is -2.04. The predicted octanol–water partition coefficient (Wildman–Crippen LogP) is 2.61. The van der Waals surface area contributed by atoms with Crippen molar-refractivity contribution in [3.63, 3.8) is 0 Å². The maximum Gasteiger partial charge on any atom is 0.416 e. The summed E-state index contributed by atoms with van der Waals surface area (Å²) in [6, 6.07) is 3.25. The number of hydrogen-bond acceptors (Lipinski definition) is 2. The fourth-order valence-electron chi connectivity index (χ4n) is 1.07. The quantitative estimate of drug-likeness (QED) is 0.733. The molecule has 3 nitrogen and oxygen atoms in total. The minimum atomic E-state index is -4.34. The van der Waals surface area contributed by atoms with Crippen LogP contribution in [0.2, 0.25) is 0 Å². The number of halogens is 4. The monoisotopic (exact) mass is 265 g/mol. The third-order valence-electron chi connectivity index (χ3n) is 1.73. The van der Waals surface area contributed by atoms with E-state index in [1.807, 2.05) is 0 Å². The molecule has 0 atom stereocenters. The highest BCUT2D eigenvalue weighted by Gasteiger charge is 2.30. The van der Waals surface area contributed by atoms with Crippen LogP contribution in [0.25, 0.3) is 11.0 Å². The zero-order valence-corrected chi connectivity index (χ0v) is 8.17. The Kier molecular flexibility index (Phi) is 1.99. The molecule has 2 rings (SSSR count). The van der Waals surface area contributed by atoms with Gasteiger partial charge in [-0.15, -0.1) is 5.10 Å². The Labute approximate surface area is 84.8 Å². The third kappa shape index (κ3) is 1.47. The first kappa shape index (κ1) is 9.45. The highest BCUT2D eigenvalue weighted by molar-refractivity contribution is 9.08. The van der Waals surface area contributed by atoms with Crippen molar-refractivity contribution in [1.82, 2.24) is 14.0 Å². The lowest BCUT2D eigenvalue weighted by Gasteiger charge is -2.05. The number of nitrogens with zero attached hydrogens (tertiary/aromatic N) is 3. The average molecular weight is 266 g/mol. The Hall–Kier alpha value is -1.11. The molecular weight excluding hydrogens is 263 g/mol. The molecule has 0 spiro atoms. The van der Waals surface area contributed by atoms with E-state index < -0.39 is 11.7 Å². The van der Waals surface area contributed by atoms with Crippen LogP contribution in [0.1, 0.15) is 5.56 Å². The maximum atomic E-state index is 12.3. The zero-order chi connectivity index (χ0) is 10.3. The molecule has 0 saturated carbocycles. The van der Waals surface area contributed by atoms with Crippen molar-refractivity contribution < 1.29 is 13.2 Å². The van der Waals surface area contributed by atoms with Crippen LogP contribution >= 0.6 is 16.1 Å². The van der Waals surface area contributed by atoms with E-state index in [0.717, 1.165) is 15.8 Å². The van der Waals surface area contributed by atoms with Crippen LogP contribution < -0.4 is 0 Å². The largest absolute Gasteiger partial charge is 0.416 e. The van der Waals surface area contributed by atoms with E-state index in [1.54, 1.807) is 0 Å². The molecule has 0 aliphatic heterocycles. The first-order valence-electron chi connectivity index (χ1n) is 3.57. The Morgan fingerprint density at radius 2 is 2.00 bits per heavy atom. The van der Waals surface area contributed by atoms with Gasteiger partial charge in [-0.3, -0.25) is 0 Å². The van der Waals surface area contributed by atoms with Crippen molar-refractivity contribution >= 4 is 27.2 Å². The molecule has 0 aliphatic rings. The van der Waals surface area contributed by atoms with Crippen LogP contribution in [0.15, 0.2) is 18.2 Å². The summed E-state index contributed by atoms with van der Waals surface area (Å²) in [5.41, 5.74) is -0.0114. The smallest absolute Gasteiger partial charge is 0.177 e. The van der Waals surface area contributed by atoms with E-state index in [4.69, 9.17) is 0 Å². The van der Waals surface area contributed by atoms with Crippen LogP contribution in [-0.2, 0) is 6.18 Å². The summed E-state index contributed by atoms with van der Waals surface area (Å²) in [6.07, 6.45) is -4.34. The van der Waals surface area contributed by atoms with Crippen molar-refractivity contribution in [1.29, 1.82) is 0 Å². The van der Waals surface area contributed by atoms with Crippen molar-refractivity contribution in [2.45, 2.75) is 6.18 Å². The molecule has 0 N–H and O–H groups in total. The summed E-state index contributed by atoms with van der Waals surface area (Å²) in [5, 5.41) is 7.18. The van der Waals surface area contributed by atoms with Gasteiger partial charge in [0.05, 0.1) is 21.7 Å². The molecule has 1 aromatic heterocycles. The van der Waals surface area contributed by atoms with Crippen molar-refractivity contribution in [3.8, 4) is 0 Å². The molecule has 0 fully saturated rings. The normalized spacial score (nSPS) is 12.3. The van der Waals surface area contributed by atoms with Crippen molar-refractivity contribution in [3.05, 3.63) is 23.8 Å². The van der Waals surface area contributed by atoms with Crippen molar-refractivity contribution in [2.75, 3.05) is 0 Å². The van der Waals surface area contributed by atoms with Gasteiger partial charge in [0.1, 0.15) is 11.0 Å². The van der Waals surface area contributed by atoms with E-state index in [2.05, 4.69) is 26.5 Å². The van der Waals surface area contributed by atoms with Gasteiger partial charge in [-0.2, -0.15) is 16.9 Å². The van der Waals surface area contributed by atoms with Gasteiger partial charge in [0, 0.05) is 0 Å². The molecule has 2 aromatic rings. The molecule has 74 valence electrons. The molecule has 1 heterocycles. The molecule has 7 heteroatoms. The molecule has 0 aliphatic carbocycles. The fraction of sp³-hybridized carbons (Fsp3) is 0.143. The highest BCUT2D eigenvalue weighted by Crippen LogP contribution is 2.31. The predicted molar refractivity (Wildman–Crippen MR) is 46.9 cm³/mol. The second-order valence-electron chi connectivity index (χ2n) is 2.65. The highest BCUT2D eigenvalue weighted by atomic mass is 79.9. The number of benzene rings is 1. The summed E-state index contributed by atoms with van der Waals surface area (Å²) >= 11 is 2.94. The molecule has 0 radical (unpaired) electrons. The lowest BCUT2D eigenvalue weighted by atomic mass is 10.2. The van der Waals surface area contributed by atoms with Crippen LogP contribution in [0.5, 0.6) is 0 Å². The first-order chi connectivity index (χ1) is 6.48. The third-order valence-corrected chi connectivity index (χ3v) is 2.26. The van der Waals surface area contributed by atoms with Gasteiger partial charge in [-0.1, -0.05) is 5.21 Å². The number of alkyl halides is 3. The topological polar surface area (TPSA) is 30.7 Å². The molecule has 0 saturated heterocycles. The van der Waals surface area contributed by atoms with E-state index in [9.17, 15) is 13.2 Å².